The van der Waals surface area contributed by atoms with Crippen LogP contribution in [0.2, 0.25) is 0 Å². The third kappa shape index (κ3) is 4.25. The Morgan fingerprint density at radius 1 is 1.08 bits per heavy atom. The van der Waals surface area contributed by atoms with Crippen LogP contribution in [0.4, 0.5) is 17.1 Å². The van der Waals surface area contributed by atoms with Crippen LogP contribution in [0.3, 0.4) is 0 Å². The van der Waals surface area contributed by atoms with Gasteiger partial charge in [-0.25, -0.2) is 4.99 Å². The molecule has 2 unspecified atom stereocenters. The van der Waals surface area contributed by atoms with E-state index in [-0.39, 0.29) is 0 Å². The zero-order chi connectivity index (χ0) is 18.7. The van der Waals surface area contributed by atoms with Gasteiger partial charge in [-0.2, -0.15) is 0 Å². The zero-order valence-electron chi connectivity index (χ0n) is 12.9. The summed E-state index contributed by atoms with van der Waals surface area (Å²) in [6.45, 7) is 2.09. The molecule has 12 nitrogen and oxygen atoms in total. The van der Waals surface area contributed by atoms with Gasteiger partial charge in [-0.05, 0) is 6.92 Å². The van der Waals surface area contributed by atoms with Crippen molar-refractivity contribution < 1.29 is 24.9 Å². The van der Waals surface area contributed by atoms with Crippen LogP contribution in [0.25, 0.3) is 0 Å². The van der Waals surface area contributed by atoms with E-state index in [9.17, 15) is 35.4 Å². The molecule has 132 valence electrons. The first-order chi connectivity index (χ1) is 11.7. The minimum absolute atomic E-state index is 0.384. The van der Waals surface area contributed by atoms with Gasteiger partial charge in [-0.1, -0.05) is 0 Å². The van der Waals surface area contributed by atoms with E-state index in [2.05, 4.69) is 29.6 Å². The normalized spacial score (nSPS) is 20.0. The summed E-state index contributed by atoms with van der Waals surface area (Å²) in [5, 5.41) is 45.4. The van der Waals surface area contributed by atoms with Crippen molar-refractivity contribution in [2.75, 3.05) is 0 Å². The summed E-state index contributed by atoms with van der Waals surface area (Å²) < 4.78 is 0. The summed E-state index contributed by atoms with van der Waals surface area (Å²) in [4.78, 5) is 30.8. The number of rotatable bonds is 3. The van der Waals surface area contributed by atoms with Crippen molar-refractivity contribution in [3.63, 3.8) is 0 Å². The van der Waals surface area contributed by atoms with Crippen LogP contribution in [-0.2, 0) is 0 Å². The number of non-ortho nitro benzene ring substituents is 1. The number of hydrogen-bond donors (Lipinski definition) is 2. The zero-order valence-corrected chi connectivity index (χ0v) is 12.9. The first kappa shape index (κ1) is 17.8. The number of hydrogen-bond acceptors (Lipinski definition) is 8. The van der Waals surface area contributed by atoms with E-state index in [4.69, 9.17) is 0 Å². The van der Waals surface area contributed by atoms with Crippen LogP contribution >= 0.6 is 0 Å². The van der Waals surface area contributed by atoms with Crippen molar-refractivity contribution in [1.82, 2.24) is 5.32 Å². The fourth-order valence-corrected chi connectivity index (χ4v) is 2.04. The highest BCUT2D eigenvalue weighted by molar-refractivity contribution is 5.72. The van der Waals surface area contributed by atoms with Gasteiger partial charge in [0.2, 0.25) is 0 Å². The minimum Gasteiger partial charge on any atom is -0.863 e. The SMILES string of the molecule is CC1=CNC2CC2[NH+]=C1.O=[N+]([O-])c1cc([N+](=O)[O-])c([O-])c([N+](=O)[O-])c1. The molecule has 0 amide bonds. The van der Waals surface area contributed by atoms with Gasteiger partial charge in [0.15, 0.2) is 12.3 Å². The Morgan fingerprint density at radius 2 is 1.64 bits per heavy atom. The highest BCUT2D eigenvalue weighted by atomic mass is 16.6. The second-order valence-electron chi connectivity index (χ2n) is 5.40. The molecule has 0 aromatic heterocycles. The van der Waals surface area contributed by atoms with Crippen molar-refractivity contribution in [1.29, 1.82) is 0 Å². The first-order valence-electron chi connectivity index (χ1n) is 7.01. The number of nitrogens with zero attached hydrogens (tertiary/aromatic N) is 3. The summed E-state index contributed by atoms with van der Waals surface area (Å²) in [7, 11) is 0. The molecule has 0 radical (unpaired) electrons. The van der Waals surface area contributed by atoms with Crippen LogP contribution in [0, 0.1) is 30.3 Å². The Balaban J connectivity index is 0.000000208. The van der Waals surface area contributed by atoms with Gasteiger partial charge in [0.1, 0.15) is 0 Å². The van der Waals surface area contributed by atoms with Crippen molar-refractivity contribution >= 4 is 23.3 Å². The fourth-order valence-electron chi connectivity index (χ4n) is 2.04. The number of benzene rings is 1. The molecule has 0 saturated heterocycles. The summed E-state index contributed by atoms with van der Waals surface area (Å²) in [5.41, 5.74) is -1.98. The van der Waals surface area contributed by atoms with Crippen molar-refractivity contribution in [3.8, 4) is 5.75 Å². The quantitative estimate of drug-likeness (QED) is 0.528. The largest absolute Gasteiger partial charge is 0.863 e. The van der Waals surface area contributed by atoms with Crippen molar-refractivity contribution in [2.24, 2.45) is 0 Å². The number of nitrogens with one attached hydrogen (secondary N) is 2. The molecule has 2 N–H and O–H groups in total. The summed E-state index contributed by atoms with van der Waals surface area (Å²) in [5.74, 6) is -1.46. The lowest BCUT2D eigenvalue weighted by Gasteiger charge is -2.06. The molecule has 1 heterocycles. The first-order valence-corrected chi connectivity index (χ1v) is 7.01. The Kier molecular flexibility index (Phi) is 4.91. The maximum absolute atomic E-state index is 11.1. The molecule has 1 aliphatic heterocycles. The summed E-state index contributed by atoms with van der Waals surface area (Å²) in [6, 6.07) is 2.18. The molecular weight excluding hydrogens is 338 g/mol. The topological polar surface area (TPSA) is 178 Å². The predicted octanol–water partition coefficient (Wildman–Crippen LogP) is -0.729. The molecule has 12 heteroatoms. The summed E-state index contributed by atoms with van der Waals surface area (Å²) in [6.07, 6.45) is 5.43. The smallest absolute Gasteiger partial charge is 0.283 e. The molecule has 1 aromatic rings. The monoisotopic (exact) mass is 351 g/mol. The number of fused-ring (bicyclic) bond motifs is 1. The average molecular weight is 351 g/mol. The molecule has 2 atom stereocenters. The van der Waals surface area contributed by atoms with E-state index in [1.165, 1.54) is 12.0 Å². The van der Waals surface area contributed by atoms with Crippen LogP contribution in [0.1, 0.15) is 13.3 Å². The van der Waals surface area contributed by atoms with E-state index in [1.54, 1.807) is 0 Å². The van der Waals surface area contributed by atoms with Crippen LogP contribution in [-0.4, -0.2) is 33.1 Å². The average Bonchev–Trinajstić information content (AvgIpc) is 3.30. The molecule has 0 bridgehead atoms. The molecule has 1 saturated carbocycles. The van der Waals surface area contributed by atoms with Gasteiger partial charge in [0.05, 0.1) is 38.7 Å². The van der Waals surface area contributed by atoms with Gasteiger partial charge in [0, 0.05) is 18.2 Å². The molecule has 0 spiro atoms. The molecule has 2 aliphatic rings. The number of nitro groups is 3. The number of nitro benzene ring substituents is 3. The Hall–Kier alpha value is -3.57. The maximum Gasteiger partial charge on any atom is 0.283 e. The number of allylic oxidation sites excluding steroid dienone is 1. The lowest BCUT2D eigenvalue weighted by molar-refractivity contribution is -0.468. The van der Waals surface area contributed by atoms with Gasteiger partial charge in [0.25, 0.3) is 17.1 Å². The Bertz CT molecular complexity index is 769. The Morgan fingerprint density at radius 3 is 2.12 bits per heavy atom. The maximum atomic E-state index is 11.1. The van der Waals surface area contributed by atoms with E-state index < -0.39 is 37.6 Å². The molecule has 1 aliphatic carbocycles. The lowest BCUT2D eigenvalue weighted by Crippen LogP contribution is -2.72. The van der Waals surface area contributed by atoms with Crippen LogP contribution in [0.15, 0.2) is 23.9 Å². The van der Waals surface area contributed by atoms with Gasteiger partial charge in [-0.15, -0.1) is 0 Å². The highest BCUT2D eigenvalue weighted by Crippen LogP contribution is 2.36. The van der Waals surface area contributed by atoms with Crippen LogP contribution in [0.5, 0.6) is 5.75 Å². The highest BCUT2D eigenvalue weighted by Gasteiger charge is 2.42. The molecular formula is C13H13N5O7. The summed E-state index contributed by atoms with van der Waals surface area (Å²) >= 11 is 0. The van der Waals surface area contributed by atoms with E-state index in [0.717, 1.165) is 0 Å². The van der Waals surface area contributed by atoms with Crippen LogP contribution < -0.4 is 15.4 Å². The minimum atomic E-state index is -1.46. The standard InChI is InChI=1S/C7H10N2.C6H3N3O7/c1-5-3-8-6-2-7(6)9-4-5;10-6-4(8(13)14)1-3(7(11)12)2-5(6)9(15)16/h3-4,6-8H,2H2,1H3;1-2,10H. The second kappa shape index (κ2) is 6.90. The third-order valence-corrected chi connectivity index (χ3v) is 3.48. The molecule has 25 heavy (non-hydrogen) atoms. The van der Waals surface area contributed by atoms with E-state index in [1.807, 2.05) is 0 Å². The van der Waals surface area contributed by atoms with Crippen molar-refractivity contribution in [3.05, 3.63) is 54.2 Å². The van der Waals surface area contributed by atoms with E-state index in [0.29, 0.717) is 24.2 Å². The van der Waals surface area contributed by atoms with Gasteiger partial charge in [-0.3, -0.25) is 30.3 Å². The Labute approximate surface area is 139 Å². The molecule has 3 rings (SSSR count). The van der Waals surface area contributed by atoms with Gasteiger partial charge < -0.3 is 10.4 Å². The molecule has 1 fully saturated rings. The fraction of sp³-hybridized carbons (Fsp3) is 0.308. The van der Waals surface area contributed by atoms with Crippen molar-refractivity contribution in [2.45, 2.75) is 25.4 Å². The lowest BCUT2D eigenvalue weighted by atomic mass is 10.2. The predicted molar refractivity (Wildman–Crippen MR) is 82.0 cm³/mol. The van der Waals surface area contributed by atoms with Gasteiger partial charge >= 0.3 is 0 Å². The third-order valence-electron chi connectivity index (χ3n) is 3.48. The van der Waals surface area contributed by atoms with E-state index >= 15 is 0 Å². The second-order valence-corrected chi connectivity index (χ2v) is 5.40. The molecule has 1 aromatic carbocycles.